The van der Waals surface area contributed by atoms with Gasteiger partial charge in [-0.15, -0.1) is 0 Å². The lowest BCUT2D eigenvalue weighted by atomic mass is 9.72. The third-order valence-electron chi connectivity index (χ3n) is 4.68. The molecule has 2 heteroatoms. The summed E-state index contributed by atoms with van der Waals surface area (Å²) in [6.45, 7) is 0. The van der Waals surface area contributed by atoms with Crippen molar-refractivity contribution in [2.45, 2.75) is 24.8 Å². The zero-order valence-electron chi connectivity index (χ0n) is 11.9. The smallest absolute Gasteiger partial charge is 0.0674 e. The number of nitrogens with zero attached hydrogens (tertiary/aromatic N) is 1. The van der Waals surface area contributed by atoms with Crippen molar-refractivity contribution in [2.24, 2.45) is 5.73 Å². The van der Waals surface area contributed by atoms with Crippen LogP contribution < -0.4 is 5.73 Å². The Morgan fingerprint density at radius 2 is 1.81 bits per heavy atom. The van der Waals surface area contributed by atoms with Crippen LogP contribution in [0.15, 0.2) is 60.9 Å². The summed E-state index contributed by atoms with van der Waals surface area (Å²) >= 11 is 0. The van der Waals surface area contributed by atoms with Crippen LogP contribution in [0.25, 0.3) is 10.8 Å². The number of aryl methyl sites for hydroxylation is 1. The van der Waals surface area contributed by atoms with Crippen molar-refractivity contribution in [1.82, 2.24) is 4.98 Å². The van der Waals surface area contributed by atoms with Crippen LogP contribution in [0.2, 0.25) is 0 Å². The Labute approximate surface area is 124 Å². The number of nitrogens with two attached hydrogens (primary N) is 1. The lowest BCUT2D eigenvalue weighted by molar-refractivity contribution is 0.446. The van der Waals surface area contributed by atoms with Gasteiger partial charge in [0.25, 0.3) is 0 Å². The third-order valence-corrected chi connectivity index (χ3v) is 4.68. The molecule has 2 nitrogen and oxygen atoms in total. The van der Waals surface area contributed by atoms with Crippen molar-refractivity contribution in [3.8, 4) is 0 Å². The van der Waals surface area contributed by atoms with Crippen LogP contribution >= 0.6 is 0 Å². The Hall–Kier alpha value is -2.19. The molecule has 2 N–H and O–H groups in total. The topological polar surface area (TPSA) is 38.9 Å². The minimum absolute atomic E-state index is 0.405. The first kappa shape index (κ1) is 12.5. The number of hydrogen-bond acceptors (Lipinski definition) is 2. The summed E-state index contributed by atoms with van der Waals surface area (Å²) in [5.74, 6) is 0. The maximum atomic E-state index is 6.93. The van der Waals surface area contributed by atoms with E-state index in [1.165, 1.54) is 27.5 Å². The molecular weight excluding hydrogens is 256 g/mol. The molecule has 3 aromatic rings. The molecule has 1 heterocycles. The molecular formula is C19H18N2. The third kappa shape index (κ3) is 1.87. The molecule has 0 saturated carbocycles. The fourth-order valence-corrected chi connectivity index (χ4v) is 3.65. The van der Waals surface area contributed by atoms with E-state index in [4.69, 9.17) is 5.73 Å². The van der Waals surface area contributed by atoms with Crippen molar-refractivity contribution in [3.63, 3.8) is 0 Å². The van der Waals surface area contributed by atoms with Crippen molar-refractivity contribution >= 4 is 10.8 Å². The molecule has 21 heavy (non-hydrogen) atoms. The van der Waals surface area contributed by atoms with Gasteiger partial charge >= 0.3 is 0 Å². The van der Waals surface area contributed by atoms with E-state index in [-0.39, 0.29) is 0 Å². The van der Waals surface area contributed by atoms with Gasteiger partial charge in [-0.05, 0) is 47.4 Å². The Morgan fingerprint density at radius 1 is 0.952 bits per heavy atom. The minimum Gasteiger partial charge on any atom is -0.318 e. The molecule has 0 spiro atoms. The van der Waals surface area contributed by atoms with Gasteiger partial charge in [-0.1, -0.05) is 42.5 Å². The molecule has 0 fully saturated rings. The van der Waals surface area contributed by atoms with Gasteiger partial charge in [0.05, 0.1) is 5.54 Å². The van der Waals surface area contributed by atoms with E-state index >= 15 is 0 Å². The highest BCUT2D eigenvalue weighted by atomic mass is 14.8. The summed E-state index contributed by atoms with van der Waals surface area (Å²) in [5.41, 5.74) is 10.4. The average Bonchev–Trinajstić information content (AvgIpc) is 2.55. The summed E-state index contributed by atoms with van der Waals surface area (Å²) in [7, 11) is 0. The van der Waals surface area contributed by atoms with E-state index in [1.807, 2.05) is 12.4 Å². The number of rotatable bonds is 1. The number of hydrogen-bond donors (Lipinski definition) is 1. The van der Waals surface area contributed by atoms with E-state index < -0.39 is 5.54 Å². The van der Waals surface area contributed by atoms with Crippen LogP contribution in [0.1, 0.15) is 29.5 Å². The maximum Gasteiger partial charge on any atom is 0.0674 e. The minimum atomic E-state index is -0.405. The number of aromatic nitrogens is 1. The van der Waals surface area contributed by atoms with Crippen LogP contribution in [-0.2, 0) is 12.0 Å². The van der Waals surface area contributed by atoms with Crippen LogP contribution in [0.4, 0.5) is 0 Å². The Balaban J connectivity index is 2.01. The van der Waals surface area contributed by atoms with Crippen molar-refractivity contribution < 1.29 is 0 Å². The van der Waals surface area contributed by atoms with Crippen molar-refractivity contribution in [1.29, 1.82) is 0 Å². The fraction of sp³-hybridized carbons (Fsp3) is 0.211. The average molecular weight is 274 g/mol. The molecule has 1 aliphatic carbocycles. The lowest BCUT2D eigenvalue weighted by Gasteiger charge is -2.37. The highest BCUT2D eigenvalue weighted by molar-refractivity contribution is 5.86. The Kier molecular flexibility index (Phi) is 2.79. The van der Waals surface area contributed by atoms with E-state index in [2.05, 4.69) is 53.5 Å². The quantitative estimate of drug-likeness (QED) is 0.733. The van der Waals surface area contributed by atoms with Gasteiger partial charge in [0.15, 0.2) is 0 Å². The molecule has 4 rings (SSSR count). The molecule has 1 atom stereocenters. The Morgan fingerprint density at radius 3 is 2.76 bits per heavy atom. The first-order valence-corrected chi connectivity index (χ1v) is 7.49. The molecule has 1 aromatic heterocycles. The van der Waals surface area contributed by atoms with Gasteiger partial charge in [0.1, 0.15) is 0 Å². The fourth-order valence-electron chi connectivity index (χ4n) is 3.65. The highest BCUT2D eigenvalue weighted by Crippen LogP contribution is 2.40. The predicted octanol–water partition coefficient (Wildman–Crippen LogP) is 3.77. The van der Waals surface area contributed by atoms with Crippen LogP contribution in [0, 0.1) is 0 Å². The van der Waals surface area contributed by atoms with Crippen LogP contribution in [-0.4, -0.2) is 4.98 Å². The molecule has 2 aromatic carbocycles. The van der Waals surface area contributed by atoms with Crippen molar-refractivity contribution in [2.75, 3.05) is 0 Å². The number of pyridine rings is 1. The van der Waals surface area contributed by atoms with Gasteiger partial charge in [-0.2, -0.15) is 0 Å². The number of fused-ring (bicyclic) bond motifs is 2. The summed E-state index contributed by atoms with van der Waals surface area (Å²) in [6, 6.07) is 17.0. The standard InChI is InChI=1S/C19H18N2/c20-19(11-4-7-15-5-1-2-8-17(15)19)18-9-3-6-14-10-12-21-13-16(14)18/h1-3,5-6,8-10,12-13H,4,7,11,20H2. The summed E-state index contributed by atoms with van der Waals surface area (Å²) in [5, 5.41) is 2.37. The van der Waals surface area contributed by atoms with Gasteiger partial charge in [0.2, 0.25) is 0 Å². The van der Waals surface area contributed by atoms with Crippen LogP contribution in [0.3, 0.4) is 0 Å². The molecule has 0 saturated heterocycles. The lowest BCUT2D eigenvalue weighted by Crippen LogP contribution is -2.41. The van der Waals surface area contributed by atoms with Gasteiger partial charge < -0.3 is 5.73 Å². The zero-order chi connectivity index (χ0) is 14.3. The predicted molar refractivity (Wildman–Crippen MR) is 86.1 cm³/mol. The van der Waals surface area contributed by atoms with E-state index in [1.54, 1.807) is 0 Å². The molecule has 1 unspecified atom stereocenters. The van der Waals surface area contributed by atoms with E-state index in [0.29, 0.717) is 0 Å². The molecule has 0 radical (unpaired) electrons. The van der Waals surface area contributed by atoms with Gasteiger partial charge in [-0.25, -0.2) is 0 Å². The summed E-state index contributed by atoms with van der Waals surface area (Å²) in [4.78, 5) is 4.30. The normalized spacial score (nSPS) is 21.2. The molecule has 0 aliphatic heterocycles. The second-order valence-electron chi connectivity index (χ2n) is 5.88. The second kappa shape index (κ2) is 4.68. The largest absolute Gasteiger partial charge is 0.318 e. The SMILES string of the molecule is NC1(c2cccc3ccncc23)CCCc2ccccc21. The molecule has 1 aliphatic rings. The zero-order valence-corrected chi connectivity index (χ0v) is 11.9. The second-order valence-corrected chi connectivity index (χ2v) is 5.88. The highest BCUT2D eigenvalue weighted by Gasteiger charge is 2.35. The molecule has 104 valence electrons. The summed E-state index contributed by atoms with van der Waals surface area (Å²) in [6.07, 6.45) is 7.01. The van der Waals surface area contributed by atoms with Crippen LogP contribution in [0.5, 0.6) is 0 Å². The van der Waals surface area contributed by atoms with E-state index in [0.717, 1.165) is 19.3 Å². The monoisotopic (exact) mass is 274 g/mol. The van der Waals surface area contributed by atoms with Gasteiger partial charge in [-0.3, -0.25) is 4.98 Å². The maximum absolute atomic E-state index is 6.93. The number of benzene rings is 2. The first-order valence-electron chi connectivity index (χ1n) is 7.49. The summed E-state index contributed by atoms with van der Waals surface area (Å²) < 4.78 is 0. The Bertz CT molecular complexity index is 804. The van der Waals surface area contributed by atoms with E-state index in [9.17, 15) is 0 Å². The first-order chi connectivity index (χ1) is 10.3. The molecule has 0 amide bonds. The van der Waals surface area contributed by atoms with Gasteiger partial charge in [0, 0.05) is 17.8 Å². The van der Waals surface area contributed by atoms with Crippen molar-refractivity contribution in [3.05, 3.63) is 77.6 Å². The molecule has 0 bridgehead atoms.